The number of rotatable bonds is 4. The van der Waals surface area contributed by atoms with Crippen LogP contribution in [0.5, 0.6) is 5.88 Å². The van der Waals surface area contributed by atoms with E-state index in [1.807, 2.05) is 6.92 Å². The van der Waals surface area contributed by atoms with Gasteiger partial charge in [-0.25, -0.2) is 9.78 Å². The summed E-state index contributed by atoms with van der Waals surface area (Å²) in [5, 5.41) is 10.9. The summed E-state index contributed by atoms with van der Waals surface area (Å²) in [6, 6.07) is 1.79. The SMILES string of the molecule is COc1cc(C(C)CNC(=O)O)c(Br)cn1. The molecule has 0 aliphatic rings. The van der Waals surface area contributed by atoms with E-state index in [1.165, 1.54) is 0 Å². The quantitative estimate of drug-likeness (QED) is 0.891. The van der Waals surface area contributed by atoms with E-state index in [9.17, 15) is 4.79 Å². The maximum atomic E-state index is 10.4. The third-order valence-electron chi connectivity index (χ3n) is 2.16. The van der Waals surface area contributed by atoms with Crippen molar-refractivity contribution in [3.63, 3.8) is 0 Å². The number of ether oxygens (including phenoxy) is 1. The molecule has 0 aromatic carbocycles. The van der Waals surface area contributed by atoms with Crippen LogP contribution in [0, 0.1) is 0 Å². The third kappa shape index (κ3) is 3.37. The van der Waals surface area contributed by atoms with Crippen LogP contribution in [0.4, 0.5) is 4.79 Å². The molecule has 6 heteroatoms. The van der Waals surface area contributed by atoms with Crippen molar-refractivity contribution in [3.05, 3.63) is 22.3 Å². The molecule has 0 fully saturated rings. The Morgan fingerprint density at radius 2 is 2.44 bits per heavy atom. The molecule has 1 unspecified atom stereocenters. The minimum absolute atomic E-state index is 0.0439. The van der Waals surface area contributed by atoms with Crippen LogP contribution >= 0.6 is 15.9 Å². The van der Waals surface area contributed by atoms with Gasteiger partial charge in [-0.3, -0.25) is 0 Å². The van der Waals surface area contributed by atoms with Crippen LogP contribution in [0.25, 0.3) is 0 Å². The number of hydrogen-bond acceptors (Lipinski definition) is 3. The van der Waals surface area contributed by atoms with E-state index in [2.05, 4.69) is 26.2 Å². The minimum Gasteiger partial charge on any atom is -0.481 e. The molecule has 16 heavy (non-hydrogen) atoms. The standard InChI is InChI=1S/C10H13BrN2O3/c1-6(4-13-10(14)15)7-3-9(16-2)12-5-8(7)11/h3,5-6,13H,4H2,1-2H3,(H,14,15). The highest BCUT2D eigenvalue weighted by molar-refractivity contribution is 9.10. The molecule has 1 atom stereocenters. The van der Waals surface area contributed by atoms with E-state index in [1.54, 1.807) is 19.4 Å². The number of methoxy groups -OCH3 is 1. The number of aromatic nitrogens is 1. The zero-order valence-corrected chi connectivity index (χ0v) is 10.6. The maximum absolute atomic E-state index is 10.4. The van der Waals surface area contributed by atoms with Crippen LogP contribution in [-0.4, -0.2) is 29.8 Å². The highest BCUT2D eigenvalue weighted by Crippen LogP contribution is 2.26. The minimum atomic E-state index is -1.02. The Kier molecular flexibility index (Phi) is 4.54. The average molecular weight is 289 g/mol. The Hall–Kier alpha value is -1.30. The summed E-state index contributed by atoms with van der Waals surface area (Å²) in [7, 11) is 1.54. The maximum Gasteiger partial charge on any atom is 0.404 e. The van der Waals surface area contributed by atoms with Crippen LogP contribution in [-0.2, 0) is 0 Å². The predicted molar refractivity (Wildman–Crippen MR) is 62.9 cm³/mol. The van der Waals surface area contributed by atoms with Gasteiger partial charge in [-0.1, -0.05) is 6.92 Å². The van der Waals surface area contributed by atoms with Crippen molar-refractivity contribution < 1.29 is 14.6 Å². The molecule has 0 radical (unpaired) electrons. The second kappa shape index (κ2) is 5.69. The Morgan fingerprint density at radius 1 is 1.75 bits per heavy atom. The van der Waals surface area contributed by atoms with Crippen molar-refractivity contribution in [3.8, 4) is 5.88 Å². The van der Waals surface area contributed by atoms with E-state index in [0.29, 0.717) is 12.4 Å². The molecule has 88 valence electrons. The molecule has 1 rings (SSSR count). The summed E-state index contributed by atoms with van der Waals surface area (Å²) in [4.78, 5) is 14.4. The molecule has 2 N–H and O–H groups in total. The predicted octanol–water partition coefficient (Wildman–Crippen LogP) is 2.22. The molecule has 1 aromatic heterocycles. The van der Waals surface area contributed by atoms with E-state index in [4.69, 9.17) is 9.84 Å². The Morgan fingerprint density at radius 3 is 3.00 bits per heavy atom. The van der Waals surface area contributed by atoms with Gasteiger partial charge in [-0.2, -0.15) is 0 Å². The van der Waals surface area contributed by atoms with Crippen LogP contribution in [0.3, 0.4) is 0 Å². The third-order valence-corrected chi connectivity index (χ3v) is 2.82. The number of hydrogen-bond donors (Lipinski definition) is 2. The second-order valence-electron chi connectivity index (χ2n) is 3.34. The van der Waals surface area contributed by atoms with Gasteiger partial charge in [0.05, 0.1) is 7.11 Å². The summed E-state index contributed by atoms with van der Waals surface area (Å²) in [5.41, 5.74) is 0.959. The molecule has 0 spiro atoms. The summed E-state index contributed by atoms with van der Waals surface area (Å²) in [6.45, 7) is 2.27. The van der Waals surface area contributed by atoms with Gasteiger partial charge < -0.3 is 15.2 Å². The molecular formula is C10H13BrN2O3. The van der Waals surface area contributed by atoms with Crippen molar-refractivity contribution in [1.82, 2.24) is 10.3 Å². The van der Waals surface area contributed by atoms with Gasteiger partial charge in [0.15, 0.2) is 0 Å². The molecular weight excluding hydrogens is 276 g/mol. The topological polar surface area (TPSA) is 71.5 Å². The summed E-state index contributed by atoms with van der Waals surface area (Å²) >= 11 is 3.37. The molecule has 0 aliphatic heterocycles. The molecule has 1 amide bonds. The van der Waals surface area contributed by atoms with Crippen molar-refractivity contribution in [1.29, 1.82) is 0 Å². The first-order valence-electron chi connectivity index (χ1n) is 4.70. The molecule has 1 heterocycles. The van der Waals surface area contributed by atoms with Gasteiger partial charge in [-0.15, -0.1) is 0 Å². The fourth-order valence-corrected chi connectivity index (χ4v) is 1.88. The number of halogens is 1. The van der Waals surface area contributed by atoms with Crippen molar-refractivity contribution >= 4 is 22.0 Å². The zero-order chi connectivity index (χ0) is 12.1. The number of pyridine rings is 1. The number of nitrogens with zero attached hydrogens (tertiary/aromatic N) is 1. The highest BCUT2D eigenvalue weighted by Gasteiger charge is 2.12. The van der Waals surface area contributed by atoms with Gasteiger partial charge in [0.25, 0.3) is 0 Å². The van der Waals surface area contributed by atoms with E-state index < -0.39 is 6.09 Å². The van der Waals surface area contributed by atoms with Gasteiger partial charge >= 0.3 is 6.09 Å². The van der Waals surface area contributed by atoms with Gasteiger partial charge in [0.1, 0.15) is 0 Å². The summed E-state index contributed by atoms with van der Waals surface area (Å²) in [6.07, 6.45) is 0.620. The number of carboxylic acid groups (broad SMARTS) is 1. The summed E-state index contributed by atoms with van der Waals surface area (Å²) in [5.74, 6) is 0.558. The van der Waals surface area contributed by atoms with Crippen molar-refractivity contribution in [2.75, 3.05) is 13.7 Å². The normalized spacial score (nSPS) is 11.9. The lowest BCUT2D eigenvalue weighted by molar-refractivity contribution is 0.194. The number of carbonyl (C=O) groups is 1. The number of amides is 1. The summed E-state index contributed by atoms with van der Waals surface area (Å²) < 4.78 is 5.86. The largest absolute Gasteiger partial charge is 0.481 e. The second-order valence-corrected chi connectivity index (χ2v) is 4.19. The fraction of sp³-hybridized carbons (Fsp3) is 0.400. The fourth-order valence-electron chi connectivity index (χ4n) is 1.27. The molecule has 1 aromatic rings. The van der Waals surface area contributed by atoms with Crippen LogP contribution in [0.15, 0.2) is 16.7 Å². The van der Waals surface area contributed by atoms with E-state index in [0.717, 1.165) is 10.0 Å². The van der Waals surface area contributed by atoms with Crippen molar-refractivity contribution in [2.45, 2.75) is 12.8 Å². The Labute approximate surface area is 102 Å². The van der Waals surface area contributed by atoms with Gasteiger partial charge in [0, 0.05) is 23.3 Å². The molecule has 0 saturated carbocycles. The van der Waals surface area contributed by atoms with Crippen LogP contribution in [0.1, 0.15) is 18.4 Å². The van der Waals surface area contributed by atoms with Gasteiger partial charge in [-0.05, 0) is 27.4 Å². The first-order valence-corrected chi connectivity index (χ1v) is 5.50. The van der Waals surface area contributed by atoms with Crippen LogP contribution < -0.4 is 10.1 Å². The molecule has 0 bridgehead atoms. The first kappa shape index (κ1) is 12.8. The first-order chi connectivity index (χ1) is 7.54. The van der Waals surface area contributed by atoms with E-state index in [-0.39, 0.29) is 5.92 Å². The molecule has 0 aliphatic carbocycles. The average Bonchev–Trinajstić information content (AvgIpc) is 2.26. The van der Waals surface area contributed by atoms with Crippen LogP contribution in [0.2, 0.25) is 0 Å². The lowest BCUT2D eigenvalue weighted by atomic mass is 10.0. The van der Waals surface area contributed by atoms with E-state index >= 15 is 0 Å². The molecule has 5 nitrogen and oxygen atoms in total. The van der Waals surface area contributed by atoms with Crippen molar-refractivity contribution in [2.24, 2.45) is 0 Å². The lowest BCUT2D eigenvalue weighted by Gasteiger charge is -2.14. The Balaban J connectivity index is 2.80. The molecule has 0 saturated heterocycles. The monoisotopic (exact) mass is 288 g/mol. The number of nitrogens with one attached hydrogen (secondary N) is 1. The smallest absolute Gasteiger partial charge is 0.404 e. The highest BCUT2D eigenvalue weighted by atomic mass is 79.9. The lowest BCUT2D eigenvalue weighted by Crippen LogP contribution is -2.25. The zero-order valence-electron chi connectivity index (χ0n) is 9.03. The Bertz CT molecular complexity index is 384. The van der Waals surface area contributed by atoms with Gasteiger partial charge in [0.2, 0.25) is 5.88 Å².